The standard InChI is InChI=1S/C19H17N5O3S/c25-19(26)23-6-3-13(4-7-23)24-17-15(10-22-24)18(21-11-20-17)27-14-1-2-16-12(9-14)5-8-28-16/h1-2,5,8-11,13H,3-4,6-7H2,(H,25,26). The highest BCUT2D eigenvalue weighted by Gasteiger charge is 2.26. The normalized spacial score (nSPS) is 15.4. The summed E-state index contributed by atoms with van der Waals surface area (Å²) in [5, 5.41) is 17.6. The second kappa shape index (κ2) is 6.75. The van der Waals surface area contributed by atoms with Crippen LogP contribution in [0.5, 0.6) is 11.6 Å². The highest BCUT2D eigenvalue weighted by Crippen LogP contribution is 2.32. The van der Waals surface area contributed by atoms with E-state index in [1.807, 2.05) is 22.9 Å². The number of carbonyl (C=O) groups is 1. The molecule has 28 heavy (non-hydrogen) atoms. The molecule has 1 fully saturated rings. The monoisotopic (exact) mass is 395 g/mol. The number of nitrogens with zero attached hydrogens (tertiary/aromatic N) is 5. The highest BCUT2D eigenvalue weighted by atomic mass is 32.1. The summed E-state index contributed by atoms with van der Waals surface area (Å²) in [6.45, 7) is 0.993. The fraction of sp³-hybridized carbons (Fsp3) is 0.263. The van der Waals surface area contributed by atoms with E-state index in [1.54, 1.807) is 17.5 Å². The molecule has 0 radical (unpaired) electrons. The van der Waals surface area contributed by atoms with Crippen LogP contribution in [-0.2, 0) is 0 Å². The van der Waals surface area contributed by atoms with Gasteiger partial charge in [-0.3, -0.25) is 0 Å². The first kappa shape index (κ1) is 16.9. The zero-order valence-corrected chi connectivity index (χ0v) is 15.7. The molecule has 0 spiro atoms. The number of ether oxygens (including phenoxy) is 1. The molecule has 5 rings (SSSR count). The fourth-order valence-electron chi connectivity index (χ4n) is 3.61. The summed E-state index contributed by atoms with van der Waals surface area (Å²) >= 11 is 1.69. The first-order chi connectivity index (χ1) is 13.7. The third kappa shape index (κ3) is 2.93. The van der Waals surface area contributed by atoms with Gasteiger partial charge in [0.05, 0.1) is 12.2 Å². The Morgan fingerprint density at radius 2 is 2.07 bits per heavy atom. The molecule has 1 aliphatic heterocycles. The van der Waals surface area contributed by atoms with Gasteiger partial charge < -0.3 is 14.7 Å². The molecule has 1 aliphatic rings. The Bertz CT molecular complexity index is 1160. The quantitative estimate of drug-likeness (QED) is 0.560. The predicted octanol–water partition coefficient (Wildman–Crippen LogP) is 4.15. The van der Waals surface area contributed by atoms with Crippen molar-refractivity contribution in [3.8, 4) is 11.6 Å². The molecule has 4 aromatic rings. The van der Waals surface area contributed by atoms with Crippen molar-refractivity contribution in [2.24, 2.45) is 0 Å². The number of fused-ring (bicyclic) bond motifs is 2. The van der Waals surface area contributed by atoms with Crippen molar-refractivity contribution in [1.82, 2.24) is 24.6 Å². The Kier molecular flexibility index (Phi) is 4.09. The van der Waals surface area contributed by atoms with E-state index in [1.165, 1.54) is 15.9 Å². The third-order valence-corrected chi connectivity index (χ3v) is 5.97. The van der Waals surface area contributed by atoms with E-state index in [4.69, 9.17) is 9.84 Å². The summed E-state index contributed by atoms with van der Waals surface area (Å²) in [6, 6.07) is 8.13. The molecule has 0 unspecified atom stereocenters. The lowest BCUT2D eigenvalue weighted by Crippen LogP contribution is -2.38. The Labute approximate surface area is 164 Å². The maximum Gasteiger partial charge on any atom is 0.407 e. The van der Waals surface area contributed by atoms with Gasteiger partial charge in [-0.1, -0.05) is 0 Å². The van der Waals surface area contributed by atoms with E-state index in [0.29, 0.717) is 43.2 Å². The predicted molar refractivity (Wildman–Crippen MR) is 105 cm³/mol. The summed E-state index contributed by atoms with van der Waals surface area (Å²) in [4.78, 5) is 21.2. The van der Waals surface area contributed by atoms with Crippen LogP contribution in [0.4, 0.5) is 4.79 Å². The van der Waals surface area contributed by atoms with Crippen molar-refractivity contribution in [3.63, 3.8) is 0 Å². The van der Waals surface area contributed by atoms with Crippen molar-refractivity contribution < 1.29 is 14.6 Å². The Morgan fingerprint density at radius 3 is 2.89 bits per heavy atom. The number of amides is 1. The minimum absolute atomic E-state index is 0.109. The molecule has 0 saturated carbocycles. The number of thiophene rings is 1. The summed E-state index contributed by atoms with van der Waals surface area (Å²) in [6.07, 6.45) is 3.74. The highest BCUT2D eigenvalue weighted by molar-refractivity contribution is 7.17. The average Bonchev–Trinajstić information content (AvgIpc) is 3.35. The van der Waals surface area contributed by atoms with Gasteiger partial charge in [-0.05, 0) is 47.9 Å². The van der Waals surface area contributed by atoms with Crippen LogP contribution >= 0.6 is 11.3 Å². The zero-order valence-electron chi connectivity index (χ0n) is 14.9. The van der Waals surface area contributed by atoms with E-state index in [2.05, 4.69) is 26.5 Å². The summed E-state index contributed by atoms with van der Waals surface area (Å²) in [5.41, 5.74) is 0.704. The third-order valence-electron chi connectivity index (χ3n) is 5.07. The van der Waals surface area contributed by atoms with E-state index in [-0.39, 0.29) is 6.04 Å². The molecule has 8 nitrogen and oxygen atoms in total. The lowest BCUT2D eigenvalue weighted by atomic mass is 10.1. The molecule has 0 atom stereocenters. The van der Waals surface area contributed by atoms with Gasteiger partial charge in [0.1, 0.15) is 17.5 Å². The maximum absolute atomic E-state index is 11.1. The lowest BCUT2D eigenvalue weighted by Gasteiger charge is -2.30. The molecule has 0 bridgehead atoms. The van der Waals surface area contributed by atoms with Gasteiger partial charge in [-0.25, -0.2) is 19.4 Å². The SMILES string of the molecule is O=C(O)N1CCC(n2ncc3c(Oc4ccc5sccc5c4)ncnc32)CC1. The Hall–Kier alpha value is -3.20. The van der Waals surface area contributed by atoms with Crippen LogP contribution in [0.15, 0.2) is 42.2 Å². The van der Waals surface area contributed by atoms with Crippen LogP contribution < -0.4 is 4.74 Å². The molecule has 1 aromatic carbocycles. The number of piperidine rings is 1. The molecule has 4 heterocycles. The van der Waals surface area contributed by atoms with Gasteiger partial charge in [0.15, 0.2) is 5.65 Å². The van der Waals surface area contributed by atoms with E-state index in [9.17, 15) is 4.79 Å². The van der Waals surface area contributed by atoms with Crippen molar-refractivity contribution in [3.05, 3.63) is 42.2 Å². The molecular weight excluding hydrogens is 378 g/mol. The number of rotatable bonds is 3. The van der Waals surface area contributed by atoms with E-state index in [0.717, 1.165) is 10.8 Å². The molecule has 1 saturated heterocycles. The van der Waals surface area contributed by atoms with Crippen LogP contribution in [0.25, 0.3) is 21.1 Å². The fourth-order valence-corrected chi connectivity index (χ4v) is 4.38. The number of likely N-dealkylation sites (tertiary alicyclic amines) is 1. The van der Waals surface area contributed by atoms with Crippen LogP contribution in [-0.4, -0.2) is 48.9 Å². The van der Waals surface area contributed by atoms with Crippen LogP contribution in [0.2, 0.25) is 0 Å². The van der Waals surface area contributed by atoms with E-state index >= 15 is 0 Å². The maximum atomic E-state index is 11.1. The molecule has 1 amide bonds. The van der Waals surface area contributed by atoms with Crippen LogP contribution in [0, 0.1) is 0 Å². The van der Waals surface area contributed by atoms with Crippen LogP contribution in [0.3, 0.4) is 0 Å². The largest absolute Gasteiger partial charge is 0.465 e. The first-order valence-electron chi connectivity index (χ1n) is 9.00. The van der Waals surface area contributed by atoms with Gasteiger partial charge in [-0.2, -0.15) is 5.10 Å². The van der Waals surface area contributed by atoms with Gasteiger partial charge >= 0.3 is 6.09 Å². The first-order valence-corrected chi connectivity index (χ1v) is 9.88. The topological polar surface area (TPSA) is 93.4 Å². The number of benzene rings is 1. The number of hydrogen-bond acceptors (Lipinski definition) is 6. The van der Waals surface area contributed by atoms with Crippen molar-refractivity contribution in [2.75, 3.05) is 13.1 Å². The van der Waals surface area contributed by atoms with Gasteiger partial charge in [0.2, 0.25) is 5.88 Å². The van der Waals surface area contributed by atoms with Crippen molar-refractivity contribution in [2.45, 2.75) is 18.9 Å². The molecule has 9 heteroatoms. The van der Waals surface area contributed by atoms with Crippen LogP contribution in [0.1, 0.15) is 18.9 Å². The van der Waals surface area contributed by atoms with Gasteiger partial charge in [-0.15, -0.1) is 11.3 Å². The summed E-state index contributed by atoms with van der Waals surface area (Å²) in [5.74, 6) is 1.18. The second-order valence-electron chi connectivity index (χ2n) is 6.73. The smallest absolute Gasteiger partial charge is 0.407 e. The Balaban J connectivity index is 1.43. The van der Waals surface area contributed by atoms with Gasteiger partial charge in [0.25, 0.3) is 0 Å². The Morgan fingerprint density at radius 1 is 1.21 bits per heavy atom. The van der Waals surface area contributed by atoms with Gasteiger partial charge in [0, 0.05) is 17.8 Å². The van der Waals surface area contributed by atoms with Crippen molar-refractivity contribution in [1.29, 1.82) is 0 Å². The summed E-state index contributed by atoms with van der Waals surface area (Å²) < 4.78 is 9.11. The number of aromatic nitrogens is 4. The molecule has 3 aromatic heterocycles. The van der Waals surface area contributed by atoms with Crippen molar-refractivity contribution >= 4 is 38.5 Å². The minimum atomic E-state index is -0.871. The second-order valence-corrected chi connectivity index (χ2v) is 7.68. The minimum Gasteiger partial charge on any atom is -0.465 e. The molecule has 1 N–H and O–H groups in total. The molecule has 0 aliphatic carbocycles. The van der Waals surface area contributed by atoms with E-state index < -0.39 is 6.09 Å². The molecular formula is C19H17N5O3S. The zero-order chi connectivity index (χ0) is 19.1. The lowest BCUT2D eigenvalue weighted by molar-refractivity contribution is 0.124. The average molecular weight is 395 g/mol. The number of carboxylic acid groups (broad SMARTS) is 1. The summed E-state index contributed by atoms with van der Waals surface area (Å²) in [7, 11) is 0. The molecule has 142 valence electrons. The number of hydrogen-bond donors (Lipinski definition) is 1.